The first-order chi connectivity index (χ1) is 2.73. The molecule has 0 aromatic carbocycles. The van der Waals surface area contributed by atoms with Crippen molar-refractivity contribution in [2.24, 2.45) is 11.5 Å². The molecule has 2 nitrogen and oxygen atoms in total. The van der Waals surface area contributed by atoms with Crippen LogP contribution in [-0.2, 0) is 18.6 Å². The maximum atomic E-state index is 4.62. The Morgan fingerprint density at radius 1 is 1.29 bits per heavy atom. The molecule has 0 aromatic rings. The van der Waals surface area contributed by atoms with Crippen molar-refractivity contribution in [3.05, 3.63) is 13.2 Å². The number of rotatable bonds is 0. The Balaban J connectivity index is -0.0000000480. The molecule has 4 heteroatoms. The Labute approximate surface area is 60.8 Å². The fourth-order valence-corrected chi connectivity index (χ4v) is 0. The van der Waals surface area contributed by atoms with Crippen molar-refractivity contribution in [2.75, 3.05) is 0 Å². The molecule has 0 atom stereocenters. The van der Waals surface area contributed by atoms with Gasteiger partial charge < -0.3 is 11.5 Å². The smallest absolute Gasteiger partial charge is 0.160 e. The van der Waals surface area contributed by atoms with Gasteiger partial charge in [0.1, 0.15) is 0 Å². The fourth-order valence-electron chi connectivity index (χ4n) is 0. The predicted octanol–water partition coefficient (Wildman–Crippen LogP) is -0.0116. The quantitative estimate of drug-likeness (QED) is 0.382. The normalized spacial score (nSPS) is 4.00. The second-order valence-electron chi connectivity index (χ2n) is 0.402. The summed E-state index contributed by atoms with van der Waals surface area (Å²) in [7, 11) is 0. The van der Waals surface area contributed by atoms with Gasteiger partial charge in [-0.15, -0.1) is 13.2 Å². The molecule has 0 amide bonds. The summed E-state index contributed by atoms with van der Waals surface area (Å²) in [4.78, 5) is 0. The van der Waals surface area contributed by atoms with Crippen LogP contribution in [-0.4, -0.2) is 5.11 Å². The van der Waals surface area contributed by atoms with Crippen LogP contribution in [0.3, 0.4) is 0 Å². The zero-order valence-corrected chi connectivity index (χ0v) is 6.14. The average molecular weight is 155 g/mol. The van der Waals surface area contributed by atoms with E-state index >= 15 is 0 Å². The van der Waals surface area contributed by atoms with E-state index in [1.54, 1.807) is 0 Å². The number of nitrogens with two attached hydrogens (primary N) is 2. The Kier molecular flexibility index (Phi) is 37.4. The third kappa shape index (κ3) is 466000. The summed E-state index contributed by atoms with van der Waals surface area (Å²) in [6.45, 7) is 6.00. The minimum absolute atomic E-state index is 0. The minimum Gasteiger partial charge on any atom is -0.377 e. The van der Waals surface area contributed by atoms with Crippen LogP contribution in [0, 0.1) is 0 Å². The Bertz CT molecular complexity index is 44.2. The summed E-state index contributed by atoms with van der Waals surface area (Å²) in [5, 5.41) is 0.000000000000000222. The molecular formula is C3H8N2SV. The maximum absolute atomic E-state index is 4.62. The zero-order chi connectivity index (χ0) is 5.58. The largest absolute Gasteiger partial charge is 0.377 e. The molecule has 1 radical (unpaired) electrons. The first kappa shape index (κ1) is 15.7. The molecule has 0 aliphatic heterocycles. The van der Waals surface area contributed by atoms with Gasteiger partial charge in [-0.2, -0.15) is 0 Å². The van der Waals surface area contributed by atoms with Gasteiger partial charge in [0.25, 0.3) is 0 Å². The van der Waals surface area contributed by atoms with Crippen LogP contribution in [0.25, 0.3) is 0 Å². The van der Waals surface area contributed by atoms with Gasteiger partial charge in [0.2, 0.25) is 0 Å². The molecule has 0 aliphatic carbocycles. The van der Waals surface area contributed by atoms with Crippen molar-refractivity contribution in [1.82, 2.24) is 0 Å². The van der Waals surface area contributed by atoms with Crippen molar-refractivity contribution < 1.29 is 18.6 Å². The van der Waals surface area contributed by atoms with Gasteiger partial charge in [0, 0.05) is 18.6 Å². The third-order valence-corrected chi connectivity index (χ3v) is 0. The molecule has 0 unspecified atom stereocenters. The molecule has 0 bridgehead atoms. The minimum atomic E-state index is 0. The van der Waals surface area contributed by atoms with Gasteiger partial charge in [0.15, 0.2) is 5.11 Å². The summed E-state index contributed by atoms with van der Waals surface area (Å²) < 4.78 is 0. The van der Waals surface area contributed by atoms with Crippen LogP contribution < -0.4 is 11.5 Å². The van der Waals surface area contributed by atoms with Crippen molar-refractivity contribution in [2.45, 2.75) is 0 Å². The van der Waals surface area contributed by atoms with E-state index in [2.05, 4.69) is 36.8 Å². The molecule has 41 valence electrons. The van der Waals surface area contributed by atoms with Gasteiger partial charge >= 0.3 is 0 Å². The van der Waals surface area contributed by atoms with Gasteiger partial charge in [-0.1, -0.05) is 0 Å². The van der Waals surface area contributed by atoms with Crippen LogP contribution in [0.2, 0.25) is 0 Å². The monoisotopic (exact) mass is 155 g/mol. The molecule has 0 saturated heterocycles. The van der Waals surface area contributed by atoms with Gasteiger partial charge in [-0.05, 0) is 12.2 Å². The molecule has 0 aliphatic rings. The SMILES string of the molecule is C=C.NC(N)=S.[V]. The van der Waals surface area contributed by atoms with E-state index in [9.17, 15) is 0 Å². The molecule has 7 heavy (non-hydrogen) atoms. The molecule has 0 spiro atoms. The van der Waals surface area contributed by atoms with Crippen molar-refractivity contribution >= 4 is 17.3 Å². The van der Waals surface area contributed by atoms with Crippen LogP contribution in [0.1, 0.15) is 0 Å². The van der Waals surface area contributed by atoms with Gasteiger partial charge in [-0.25, -0.2) is 0 Å². The molecule has 0 heterocycles. The topological polar surface area (TPSA) is 52.0 Å². The second-order valence-corrected chi connectivity index (χ2v) is 0.874. The number of thiocarbonyl (C=S) groups is 1. The van der Waals surface area contributed by atoms with Crippen LogP contribution >= 0.6 is 12.2 Å². The summed E-state index contributed by atoms with van der Waals surface area (Å²) in [6.07, 6.45) is 0. The van der Waals surface area contributed by atoms with Crippen LogP contribution in [0.5, 0.6) is 0 Å². The maximum Gasteiger partial charge on any atom is 0.160 e. The molecule has 0 fully saturated rings. The van der Waals surface area contributed by atoms with E-state index < -0.39 is 0 Å². The summed E-state index contributed by atoms with van der Waals surface area (Å²) in [5.41, 5.74) is 9.24. The molecule has 0 rings (SSSR count). The summed E-state index contributed by atoms with van der Waals surface area (Å²) >= 11 is 4.09. The molecule has 0 saturated carbocycles. The molecular weight excluding hydrogens is 147 g/mol. The van der Waals surface area contributed by atoms with Crippen LogP contribution in [0.4, 0.5) is 0 Å². The van der Waals surface area contributed by atoms with E-state index in [-0.39, 0.29) is 23.7 Å². The first-order valence-corrected chi connectivity index (χ1v) is 1.69. The van der Waals surface area contributed by atoms with Crippen molar-refractivity contribution in [3.8, 4) is 0 Å². The van der Waals surface area contributed by atoms with E-state index in [0.717, 1.165) is 0 Å². The summed E-state index contributed by atoms with van der Waals surface area (Å²) in [5.74, 6) is 0. The van der Waals surface area contributed by atoms with E-state index in [4.69, 9.17) is 0 Å². The first-order valence-electron chi connectivity index (χ1n) is 1.28. The summed E-state index contributed by atoms with van der Waals surface area (Å²) in [6, 6.07) is 0. The van der Waals surface area contributed by atoms with E-state index in [1.165, 1.54) is 0 Å². The van der Waals surface area contributed by atoms with Crippen molar-refractivity contribution in [3.63, 3.8) is 0 Å². The zero-order valence-electron chi connectivity index (χ0n) is 3.92. The predicted molar refractivity (Wildman–Crippen MR) is 32.2 cm³/mol. The van der Waals surface area contributed by atoms with E-state index in [1.807, 2.05) is 0 Å². The van der Waals surface area contributed by atoms with Crippen LogP contribution in [0.15, 0.2) is 13.2 Å². The second kappa shape index (κ2) is 16.6. The van der Waals surface area contributed by atoms with Crippen molar-refractivity contribution in [1.29, 1.82) is 0 Å². The molecule has 0 aromatic heterocycles. The van der Waals surface area contributed by atoms with Gasteiger partial charge in [0.05, 0.1) is 0 Å². The Morgan fingerprint density at radius 2 is 1.29 bits per heavy atom. The Morgan fingerprint density at radius 3 is 1.29 bits per heavy atom. The number of hydrogen-bond acceptors (Lipinski definition) is 1. The van der Waals surface area contributed by atoms with E-state index in [0.29, 0.717) is 0 Å². The average Bonchev–Trinajstić information content (AvgIpc) is 1.41. The van der Waals surface area contributed by atoms with Gasteiger partial charge in [-0.3, -0.25) is 0 Å². The third-order valence-electron chi connectivity index (χ3n) is 0. The Hall–Kier alpha value is 0.0144. The fraction of sp³-hybridized carbons (Fsp3) is 0. The molecule has 4 N–H and O–H groups in total. The number of hydrogen-bond donors (Lipinski definition) is 2. The standard InChI is InChI=1S/C2H4.CH4N2S.V/c1-2;2-1(3)4;/h1-2H2;(H4,2,3,4);.